The Balaban J connectivity index is 1.47. The van der Waals surface area contributed by atoms with E-state index in [1.165, 1.54) is 0 Å². The Morgan fingerprint density at radius 2 is 1.70 bits per heavy atom. The van der Waals surface area contributed by atoms with Gasteiger partial charge in [0.25, 0.3) is 5.91 Å². The Kier molecular flexibility index (Phi) is 6.80. The Hall–Kier alpha value is -1.98. The molecule has 0 aliphatic carbocycles. The quantitative estimate of drug-likeness (QED) is 0.761. The van der Waals surface area contributed by atoms with E-state index in [9.17, 15) is 9.59 Å². The molecule has 4 nitrogen and oxygen atoms in total. The molecule has 6 heteroatoms. The molecule has 0 saturated carbocycles. The van der Waals surface area contributed by atoms with Gasteiger partial charge in [-0.25, -0.2) is 0 Å². The van der Waals surface area contributed by atoms with Crippen LogP contribution in [-0.2, 0) is 4.79 Å². The summed E-state index contributed by atoms with van der Waals surface area (Å²) in [6, 6.07) is 16.9. The molecule has 1 saturated heterocycles. The summed E-state index contributed by atoms with van der Waals surface area (Å²) in [5.41, 5.74) is 0.670. The average Bonchev–Trinajstić information content (AvgIpc) is 2.70. The molecule has 2 amide bonds. The van der Waals surface area contributed by atoms with E-state index in [0.29, 0.717) is 23.7 Å². The number of benzene rings is 2. The molecule has 0 bridgehead atoms. The van der Waals surface area contributed by atoms with Crippen molar-refractivity contribution in [2.24, 2.45) is 0 Å². The molecular weight excluding hydrogens is 380 g/mol. The maximum Gasteiger partial charge on any atom is 0.251 e. The Labute approximate surface area is 169 Å². The van der Waals surface area contributed by atoms with E-state index >= 15 is 0 Å². The van der Waals surface area contributed by atoms with Crippen LogP contribution < -0.4 is 5.32 Å². The second-order valence-corrected chi connectivity index (χ2v) is 8.50. The van der Waals surface area contributed by atoms with Crippen molar-refractivity contribution in [2.75, 3.05) is 13.1 Å². The lowest BCUT2D eigenvalue weighted by Crippen LogP contribution is -2.48. The van der Waals surface area contributed by atoms with E-state index < -0.39 is 0 Å². The number of hydrogen-bond acceptors (Lipinski definition) is 3. The maximum atomic E-state index is 12.7. The van der Waals surface area contributed by atoms with E-state index in [1.54, 1.807) is 11.8 Å². The number of likely N-dealkylation sites (tertiary alicyclic amines) is 1. The fourth-order valence-electron chi connectivity index (χ4n) is 3.13. The molecule has 1 N–H and O–H groups in total. The van der Waals surface area contributed by atoms with E-state index in [-0.39, 0.29) is 23.1 Å². The summed E-state index contributed by atoms with van der Waals surface area (Å²) in [6.45, 7) is 3.28. The van der Waals surface area contributed by atoms with Crippen molar-refractivity contribution in [2.45, 2.75) is 36.0 Å². The van der Waals surface area contributed by atoms with Crippen molar-refractivity contribution >= 4 is 35.2 Å². The fraction of sp³-hybridized carbons (Fsp3) is 0.333. The molecule has 3 rings (SSSR count). The topological polar surface area (TPSA) is 49.4 Å². The Morgan fingerprint density at radius 3 is 2.33 bits per heavy atom. The minimum atomic E-state index is -0.151. The molecule has 0 radical (unpaired) electrons. The molecule has 142 valence electrons. The minimum Gasteiger partial charge on any atom is -0.349 e. The van der Waals surface area contributed by atoms with Crippen LogP contribution in [0.25, 0.3) is 0 Å². The first-order valence-electron chi connectivity index (χ1n) is 9.10. The molecule has 0 unspecified atom stereocenters. The van der Waals surface area contributed by atoms with Crippen LogP contribution in [0.3, 0.4) is 0 Å². The predicted octanol–water partition coefficient (Wildman–Crippen LogP) is 4.24. The fourth-order valence-corrected chi connectivity index (χ4v) is 4.20. The molecule has 1 atom stereocenters. The van der Waals surface area contributed by atoms with Crippen molar-refractivity contribution in [1.82, 2.24) is 10.2 Å². The highest BCUT2D eigenvalue weighted by Gasteiger charge is 2.27. The van der Waals surface area contributed by atoms with Crippen LogP contribution in [0.2, 0.25) is 5.02 Å². The first-order valence-corrected chi connectivity index (χ1v) is 10.4. The number of thioether (sulfide) groups is 1. The number of carbonyl (C=O) groups excluding carboxylic acids is 2. The smallest absolute Gasteiger partial charge is 0.251 e. The number of nitrogens with one attached hydrogen (secondary N) is 1. The molecule has 1 fully saturated rings. The zero-order chi connectivity index (χ0) is 19.2. The molecule has 2 aromatic rings. The third-order valence-corrected chi connectivity index (χ3v) is 6.00. The van der Waals surface area contributed by atoms with Crippen molar-refractivity contribution in [3.05, 3.63) is 65.2 Å². The highest BCUT2D eigenvalue weighted by atomic mass is 35.5. The molecule has 27 heavy (non-hydrogen) atoms. The summed E-state index contributed by atoms with van der Waals surface area (Å²) >= 11 is 7.45. The molecule has 2 aromatic carbocycles. The third-order valence-electron chi connectivity index (χ3n) is 4.65. The van der Waals surface area contributed by atoms with Gasteiger partial charge < -0.3 is 10.2 Å². The summed E-state index contributed by atoms with van der Waals surface area (Å²) in [5.74, 6) is 0.0924. The Morgan fingerprint density at radius 1 is 1.07 bits per heavy atom. The van der Waals surface area contributed by atoms with Gasteiger partial charge in [0.05, 0.1) is 5.25 Å². The number of rotatable bonds is 5. The summed E-state index contributed by atoms with van der Waals surface area (Å²) < 4.78 is 0. The van der Waals surface area contributed by atoms with Gasteiger partial charge in [-0.3, -0.25) is 9.59 Å². The lowest BCUT2D eigenvalue weighted by atomic mass is 10.0. The molecule has 0 spiro atoms. The van der Waals surface area contributed by atoms with E-state index in [4.69, 9.17) is 11.6 Å². The van der Waals surface area contributed by atoms with Crippen molar-refractivity contribution in [3.8, 4) is 0 Å². The van der Waals surface area contributed by atoms with Gasteiger partial charge in [-0.2, -0.15) is 0 Å². The summed E-state index contributed by atoms with van der Waals surface area (Å²) in [5, 5.41) is 3.62. The van der Waals surface area contributed by atoms with Crippen LogP contribution in [0.4, 0.5) is 0 Å². The lowest BCUT2D eigenvalue weighted by molar-refractivity contribution is -0.131. The van der Waals surface area contributed by atoms with Crippen LogP contribution in [0.5, 0.6) is 0 Å². The van der Waals surface area contributed by atoms with Gasteiger partial charge in [0.1, 0.15) is 0 Å². The highest BCUT2D eigenvalue weighted by Crippen LogP contribution is 2.26. The van der Waals surface area contributed by atoms with Gasteiger partial charge in [0.15, 0.2) is 0 Å². The van der Waals surface area contributed by atoms with E-state index in [0.717, 1.165) is 17.7 Å². The van der Waals surface area contributed by atoms with Crippen molar-refractivity contribution < 1.29 is 9.59 Å². The van der Waals surface area contributed by atoms with Gasteiger partial charge in [0.2, 0.25) is 5.91 Å². The number of nitrogens with zero attached hydrogens (tertiary/aromatic N) is 1. The van der Waals surface area contributed by atoms with Gasteiger partial charge in [0, 0.05) is 34.6 Å². The maximum absolute atomic E-state index is 12.7. The lowest BCUT2D eigenvalue weighted by Gasteiger charge is -2.33. The largest absolute Gasteiger partial charge is 0.349 e. The van der Waals surface area contributed by atoms with Crippen LogP contribution in [-0.4, -0.2) is 41.1 Å². The third kappa shape index (κ3) is 5.50. The highest BCUT2D eigenvalue weighted by molar-refractivity contribution is 8.00. The summed E-state index contributed by atoms with van der Waals surface area (Å²) in [4.78, 5) is 27.9. The van der Waals surface area contributed by atoms with Crippen LogP contribution in [0.1, 0.15) is 30.1 Å². The first-order chi connectivity index (χ1) is 13.0. The molecular formula is C21H23ClN2O2S. The monoisotopic (exact) mass is 402 g/mol. The molecule has 0 aromatic heterocycles. The van der Waals surface area contributed by atoms with Gasteiger partial charge >= 0.3 is 0 Å². The summed E-state index contributed by atoms with van der Waals surface area (Å²) in [6.07, 6.45) is 1.56. The average molecular weight is 403 g/mol. The first kappa shape index (κ1) is 19.8. The zero-order valence-electron chi connectivity index (χ0n) is 15.2. The van der Waals surface area contributed by atoms with Crippen molar-refractivity contribution in [3.63, 3.8) is 0 Å². The van der Waals surface area contributed by atoms with Crippen molar-refractivity contribution in [1.29, 1.82) is 0 Å². The predicted molar refractivity (Wildman–Crippen MR) is 110 cm³/mol. The second-order valence-electron chi connectivity index (χ2n) is 6.65. The van der Waals surface area contributed by atoms with Gasteiger partial charge in [-0.1, -0.05) is 29.8 Å². The van der Waals surface area contributed by atoms with E-state index in [2.05, 4.69) is 5.32 Å². The Bertz CT molecular complexity index is 775. The normalized spacial score (nSPS) is 16.0. The number of amides is 2. The van der Waals surface area contributed by atoms with Crippen LogP contribution >= 0.6 is 23.4 Å². The van der Waals surface area contributed by atoms with Crippen LogP contribution in [0.15, 0.2) is 59.5 Å². The number of halogens is 1. The van der Waals surface area contributed by atoms with E-state index in [1.807, 2.05) is 66.4 Å². The van der Waals surface area contributed by atoms with Crippen LogP contribution in [0, 0.1) is 0 Å². The molecule has 1 heterocycles. The summed E-state index contributed by atoms with van der Waals surface area (Å²) in [7, 11) is 0. The second kappa shape index (κ2) is 9.29. The van der Waals surface area contributed by atoms with Gasteiger partial charge in [-0.15, -0.1) is 11.8 Å². The number of carbonyl (C=O) groups is 2. The minimum absolute atomic E-state index is 0.0490. The molecule has 1 aliphatic heterocycles. The zero-order valence-corrected chi connectivity index (χ0v) is 16.8. The standard InChI is InChI=1S/C21H23ClN2O2S/c1-15(27-19-9-7-17(22)8-10-19)21(26)24-13-11-18(12-14-24)23-20(25)16-5-3-2-4-6-16/h2-10,15,18H,11-14H2,1H3,(H,23,25)/t15-/m1/s1. The number of hydrogen-bond donors (Lipinski definition) is 1. The number of piperidine rings is 1. The molecule has 1 aliphatic rings. The van der Waals surface area contributed by atoms with Gasteiger partial charge in [-0.05, 0) is 56.2 Å². The SMILES string of the molecule is C[C@@H](Sc1ccc(Cl)cc1)C(=O)N1CCC(NC(=O)c2ccccc2)CC1.